The minimum absolute atomic E-state index is 0.600. The van der Waals surface area contributed by atoms with Crippen molar-refractivity contribution >= 4 is 10.8 Å². The van der Waals surface area contributed by atoms with Crippen molar-refractivity contribution < 1.29 is 13.7 Å². The molecule has 0 saturated heterocycles. The Kier molecular flexibility index (Phi) is 6.65. The van der Waals surface area contributed by atoms with Gasteiger partial charge in [0.05, 0.1) is 7.11 Å². The Balaban J connectivity index is 2.11. The zero-order valence-corrected chi connectivity index (χ0v) is 11.1. The van der Waals surface area contributed by atoms with Crippen LogP contribution >= 0.6 is 0 Å². The van der Waals surface area contributed by atoms with Gasteiger partial charge >= 0.3 is 0 Å². The number of benzene rings is 1. The Morgan fingerprint density at radius 3 is 2.41 bits per heavy atom. The maximum atomic E-state index is 10.8. The molecule has 0 aromatic heterocycles. The summed E-state index contributed by atoms with van der Waals surface area (Å²) in [5.74, 6) is 2.33. The average molecular weight is 257 g/mol. The lowest BCUT2D eigenvalue weighted by Crippen LogP contribution is -2.25. The Hall–Kier alpha value is -1.07. The van der Waals surface area contributed by atoms with Crippen LogP contribution in [0.1, 0.15) is 0 Å². The molecule has 0 amide bonds. The molecule has 5 heteroatoms. The Morgan fingerprint density at radius 2 is 1.82 bits per heavy atom. The van der Waals surface area contributed by atoms with Crippen LogP contribution in [-0.4, -0.2) is 43.0 Å². The molecule has 1 rings (SSSR count). The lowest BCUT2D eigenvalue weighted by molar-refractivity contribution is 0.314. The molecule has 0 aliphatic heterocycles. The third-order valence-electron chi connectivity index (χ3n) is 2.17. The predicted octanol–water partition coefficient (Wildman–Crippen LogP) is 1.04. The number of methoxy groups -OCH3 is 1. The molecule has 0 fully saturated rings. The first kappa shape index (κ1) is 14.0. The molecule has 4 nitrogen and oxygen atoms in total. The van der Waals surface area contributed by atoms with Crippen molar-refractivity contribution in [1.29, 1.82) is 0 Å². The molecular weight excluding hydrogens is 238 g/mol. The summed E-state index contributed by atoms with van der Waals surface area (Å²) in [6.45, 7) is 2.11. The smallest absolute Gasteiger partial charge is 0.119 e. The van der Waals surface area contributed by atoms with E-state index in [1.54, 1.807) is 13.4 Å². The Labute approximate surface area is 105 Å². The van der Waals surface area contributed by atoms with Gasteiger partial charge in [-0.15, -0.1) is 0 Å². The van der Waals surface area contributed by atoms with Crippen LogP contribution < -0.4 is 14.8 Å². The molecule has 1 atom stereocenters. The molecule has 0 radical (unpaired) electrons. The summed E-state index contributed by atoms with van der Waals surface area (Å²) in [5.41, 5.74) is 0. The van der Waals surface area contributed by atoms with Gasteiger partial charge in [-0.3, -0.25) is 4.21 Å². The lowest BCUT2D eigenvalue weighted by atomic mass is 10.3. The minimum Gasteiger partial charge on any atom is -0.497 e. The Morgan fingerprint density at radius 1 is 1.18 bits per heavy atom. The monoisotopic (exact) mass is 257 g/mol. The number of hydrogen-bond acceptors (Lipinski definition) is 4. The Bertz CT molecular complexity index is 340. The van der Waals surface area contributed by atoms with Crippen LogP contribution in [0.25, 0.3) is 0 Å². The first-order valence-electron chi connectivity index (χ1n) is 5.50. The van der Waals surface area contributed by atoms with E-state index >= 15 is 0 Å². The average Bonchev–Trinajstić information content (AvgIpc) is 2.34. The third-order valence-corrected chi connectivity index (χ3v) is 2.95. The van der Waals surface area contributed by atoms with E-state index in [0.29, 0.717) is 12.4 Å². The van der Waals surface area contributed by atoms with Gasteiger partial charge in [0.15, 0.2) is 0 Å². The standard InChI is InChI=1S/C12H19NO3S/c1-15-11-3-5-12(6-4-11)16-9-7-13-8-10-17(2)14/h3-6,13H,7-10H2,1-2H3. The van der Waals surface area contributed by atoms with E-state index in [9.17, 15) is 4.21 Å². The predicted molar refractivity (Wildman–Crippen MR) is 70.3 cm³/mol. The van der Waals surface area contributed by atoms with E-state index in [1.165, 1.54) is 0 Å². The zero-order valence-electron chi connectivity index (χ0n) is 10.3. The van der Waals surface area contributed by atoms with Gasteiger partial charge in [-0.25, -0.2) is 0 Å². The van der Waals surface area contributed by atoms with Crippen molar-refractivity contribution in [1.82, 2.24) is 5.32 Å². The fraction of sp³-hybridized carbons (Fsp3) is 0.500. The molecular formula is C12H19NO3S. The van der Waals surface area contributed by atoms with E-state index in [-0.39, 0.29) is 0 Å². The van der Waals surface area contributed by atoms with Crippen LogP contribution in [-0.2, 0) is 10.8 Å². The van der Waals surface area contributed by atoms with Crippen molar-refractivity contribution in [3.05, 3.63) is 24.3 Å². The second kappa shape index (κ2) is 8.08. The number of rotatable bonds is 8. The highest BCUT2D eigenvalue weighted by molar-refractivity contribution is 7.84. The molecule has 0 saturated carbocycles. The number of ether oxygens (including phenoxy) is 2. The van der Waals surface area contributed by atoms with Crippen LogP contribution in [0.4, 0.5) is 0 Å². The molecule has 1 aromatic rings. The molecule has 1 aromatic carbocycles. The van der Waals surface area contributed by atoms with Crippen LogP contribution in [0.2, 0.25) is 0 Å². The topological polar surface area (TPSA) is 47.6 Å². The fourth-order valence-corrected chi connectivity index (χ4v) is 1.69. The van der Waals surface area contributed by atoms with Crippen molar-refractivity contribution in [2.24, 2.45) is 0 Å². The highest BCUT2D eigenvalue weighted by Crippen LogP contribution is 2.16. The van der Waals surface area contributed by atoms with Crippen LogP contribution in [0.15, 0.2) is 24.3 Å². The van der Waals surface area contributed by atoms with Crippen LogP contribution in [0, 0.1) is 0 Å². The third kappa shape index (κ3) is 6.28. The van der Waals surface area contributed by atoms with Crippen molar-refractivity contribution in [3.8, 4) is 11.5 Å². The normalized spacial score (nSPS) is 12.1. The summed E-state index contributed by atoms with van der Waals surface area (Å²) < 4.78 is 21.4. The summed E-state index contributed by atoms with van der Waals surface area (Å²) in [4.78, 5) is 0. The van der Waals surface area contributed by atoms with E-state index in [4.69, 9.17) is 9.47 Å². The molecule has 0 aliphatic carbocycles. The van der Waals surface area contributed by atoms with Gasteiger partial charge in [0.1, 0.15) is 18.1 Å². The minimum atomic E-state index is -0.728. The van der Waals surface area contributed by atoms with Gasteiger partial charge in [-0.1, -0.05) is 0 Å². The van der Waals surface area contributed by atoms with Crippen LogP contribution in [0.5, 0.6) is 11.5 Å². The molecule has 96 valence electrons. The summed E-state index contributed by atoms with van der Waals surface area (Å²) in [7, 11) is 0.908. The lowest BCUT2D eigenvalue weighted by Gasteiger charge is -2.07. The highest BCUT2D eigenvalue weighted by Gasteiger charge is 1.95. The summed E-state index contributed by atoms with van der Waals surface area (Å²) >= 11 is 0. The summed E-state index contributed by atoms with van der Waals surface area (Å²) in [6.07, 6.45) is 1.70. The molecule has 17 heavy (non-hydrogen) atoms. The van der Waals surface area contributed by atoms with Crippen molar-refractivity contribution in [2.75, 3.05) is 38.8 Å². The second-order valence-electron chi connectivity index (χ2n) is 3.55. The van der Waals surface area contributed by atoms with Gasteiger partial charge in [0.2, 0.25) is 0 Å². The summed E-state index contributed by atoms with van der Waals surface area (Å²) in [6, 6.07) is 7.48. The van der Waals surface area contributed by atoms with E-state index in [0.717, 1.165) is 24.6 Å². The maximum Gasteiger partial charge on any atom is 0.119 e. The van der Waals surface area contributed by atoms with Gasteiger partial charge in [-0.05, 0) is 24.3 Å². The van der Waals surface area contributed by atoms with E-state index < -0.39 is 10.8 Å². The second-order valence-corrected chi connectivity index (χ2v) is 5.11. The van der Waals surface area contributed by atoms with Crippen molar-refractivity contribution in [2.45, 2.75) is 0 Å². The molecule has 1 N–H and O–H groups in total. The molecule has 0 spiro atoms. The van der Waals surface area contributed by atoms with Gasteiger partial charge < -0.3 is 14.8 Å². The van der Waals surface area contributed by atoms with Crippen molar-refractivity contribution in [3.63, 3.8) is 0 Å². The first-order chi connectivity index (χ1) is 8.22. The fourth-order valence-electron chi connectivity index (χ4n) is 1.25. The quantitative estimate of drug-likeness (QED) is 0.707. The van der Waals surface area contributed by atoms with E-state index in [2.05, 4.69) is 5.32 Å². The number of nitrogens with one attached hydrogen (secondary N) is 1. The van der Waals surface area contributed by atoms with Gasteiger partial charge in [0, 0.05) is 35.9 Å². The van der Waals surface area contributed by atoms with Crippen LogP contribution in [0.3, 0.4) is 0 Å². The largest absolute Gasteiger partial charge is 0.497 e. The number of hydrogen-bond donors (Lipinski definition) is 1. The molecule has 1 unspecified atom stereocenters. The van der Waals surface area contributed by atoms with Gasteiger partial charge in [0.25, 0.3) is 0 Å². The molecule has 0 aliphatic rings. The zero-order chi connectivity index (χ0) is 12.5. The van der Waals surface area contributed by atoms with E-state index in [1.807, 2.05) is 24.3 Å². The summed E-state index contributed by atoms with van der Waals surface area (Å²) in [5, 5.41) is 3.17. The SMILES string of the molecule is COc1ccc(OCCNCCS(C)=O)cc1. The maximum absolute atomic E-state index is 10.8. The molecule has 0 heterocycles. The highest BCUT2D eigenvalue weighted by atomic mass is 32.2. The van der Waals surface area contributed by atoms with Gasteiger partial charge in [-0.2, -0.15) is 0 Å². The first-order valence-corrected chi connectivity index (χ1v) is 7.22. The molecule has 0 bridgehead atoms.